The predicted molar refractivity (Wildman–Crippen MR) is 90.0 cm³/mol. The highest BCUT2D eigenvalue weighted by molar-refractivity contribution is 7.12. The van der Waals surface area contributed by atoms with Crippen LogP contribution in [0.2, 0.25) is 0 Å². The summed E-state index contributed by atoms with van der Waals surface area (Å²) in [5.74, 6) is 0. The molecule has 1 atom stereocenters. The highest BCUT2D eigenvalue weighted by Crippen LogP contribution is 2.33. The number of thiazole rings is 1. The van der Waals surface area contributed by atoms with Gasteiger partial charge in [0.2, 0.25) is 0 Å². The van der Waals surface area contributed by atoms with E-state index < -0.39 is 5.60 Å². The number of aryl methyl sites for hydroxylation is 1. The van der Waals surface area contributed by atoms with Gasteiger partial charge < -0.3 is 10.4 Å². The quantitative estimate of drug-likeness (QED) is 0.880. The van der Waals surface area contributed by atoms with Crippen molar-refractivity contribution in [1.29, 1.82) is 0 Å². The van der Waals surface area contributed by atoms with Gasteiger partial charge in [0, 0.05) is 22.9 Å². The number of nitrogens with zero attached hydrogens (tertiary/aromatic N) is 1. The monoisotopic (exact) mass is 310 g/mol. The first-order valence-corrected chi connectivity index (χ1v) is 8.96. The molecule has 1 aliphatic rings. The first kappa shape index (κ1) is 16.9. The highest BCUT2D eigenvalue weighted by Gasteiger charge is 2.30. The fourth-order valence-corrected chi connectivity index (χ4v) is 4.10. The summed E-state index contributed by atoms with van der Waals surface area (Å²) in [5.41, 5.74) is 0.730. The van der Waals surface area contributed by atoms with Gasteiger partial charge in [-0.15, -0.1) is 11.3 Å². The maximum absolute atomic E-state index is 10.6. The fourth-order valence-electron chi connectivity index (χ4n) is 2.95. The lowest BCUT2D eigenvalue weighted by atomic mass is 9.85. The Morgan fingerprint density at radius 2 is 1.90 bits per heavy atom. The minimum atomic E-state index is -0.502. The molecule has 2 N–H and O–H groups in total. The predicted octanol–water partition coefficient (Wildman–Crippen LogP) is 4.09. The van der Waals surface area contributed by atoms with Crippen molar-refractivity contribution in [3.8, 4) is 0 Å². The standard InChI is InChI=1S/C17H30N2OS/c1-12(18-11-17(20)9-7-6-8-10-17)14-13(2)19-15(21-14)16(3,4)5/h12,18,20H,6-11H2,1-5H3/t12-/m1/s1. The lowest BCUT2D eigenvalue weighted by Crippen LogP contribution is -2.42. The smallest absolute Gasteiger partial charge is 0.0985 e. The van der Waals surface area contributed by atoms with E-state index in [2.05, 4.69) is 39.9 Å². The Kier molecular flexibility index (Phi) is 5.11. The highest BCUT2D eigenvalue weighted by atomic mass is 32.1. The number of hydrogen-bond donors (Lipinski definition) is 2. The summed E-state index contributed by atoms with van der Waals surface area (Å²) in [6.45, 7) is 11.6. The molecule has 0 aliphatic heterocycles. The maximum atomic E-state index is 10.6. The van der Waals surface area contributed by atoms with E-state index >= 15 is 0 Å². The lowest BCUT2D eigenvalue weighted by molar-refractivity contribution is 0.00305. The third-order valence-corrected chi connectivity index (χ3v) is 6.15. The molecule has 0 saturated heterocycles. The Bertz CT molecular complexity index is 470. The van der Waals surface area contributed by atoms with Gasteiger partial charge in [-0.3, -0.25) is 0 Å². The van der Waals surface area contributed by atoms with Gasteiger partial charge in [-0.25, -0.2) is 4.98 Å². The van der Waals surface area contributed by atoms with Crippen molar-refractivity contribution in [3.05, 3.63) is 15.6 Å². The van der Waals surface area contributed by atoms with E-state index in [1.54, 1.807) is 11.3 Å². The molecule has 120 valence electrons. The fraction of sp³-hybridized carbons (Fsp3) is 0.824. The molecular weight excluding hydrogens is 280 g/mol. The Hall–Kier alpha value is -0.450. The molecule has 1 saturated carbocycles. The second kappa shape index (κ2) is 6.35. The molecule has 1 aromatic rings. The van der Waals surface area contributed by atoms with E-state index in [4.69, 9.17) is 4.98 Å². The maximum Gasteiger partial charge on any atom is 0.0985 e. The van der Waals surface area contributed by atoms with Gasteiger partial charge in [0.25, 0.3) is 0 Å². The zero-order valence-corrected chi connectivity index (χ0v) is 14.9. The second-order valence-corrected chi connectivity index (χ2v) is 8.64. The van der Waals surface area contributed by atoms with Crippen LogP contribution in [0.3, 0.4) is 0 Å². The van der Waals surface area contributed by atoms with Crippen molar-refractivity contribution in [2.45, 2.75) is 83.8 Å². The van der Waals surface area contributed by atoms with Crippen LogP contribution in [0, 0.1) is 6.92 Å². The second-order valence-electron chi connectivity index (χ2n) is 7.61. The molecule has 1 fully saturated rings. The van der Waals surface area contributed by atoms with Crippen LogP contribution >= 0.6 is 11.3 Å². The number of aromatic nitrogens is 1. The number of rotatable bonds is 4. The van der Waals surface area contributed by atoms with Crippen molar-refractivity contribution in [2.75, 3.05) is 6.54 Å². The first-order chi connectivity index (χ1) is 9.71. The van der Waals surface area contributed by atoms with Gasteiger partial charge in [-0.1, -0.05) is 40.0 Å². The molecule has 2 rings (SSSR count). The summed E-state index contributed by atoms with van der Waals surface area (Å²) in [4.78, 5) is 6.04. The Labute approximate surface area is 133 Å². The van der Waals surface area contributed by atoms with Crippen molar-refractivity contribution < 1.29 is 5.11 Å². The zero-order chi connectivity index (χ0) is 15.7. The summed E-state index contributed by atoms with van der Waals surface area (Å²) in [7, 11) is 0. The van der Waals surface area contributed by atoms with E-state index in [1.807, 2.05) is 0 Å². The summed E-state index contributed by atoms with van der Waals surface area (Å²) in [5, 5.41) is 15.3. The van der Waals surface area contributed by atoms with Gasteiger partial charge in [0.05, 0.1) is 16.3 Å². The average Bonchev–Trinajstić information content (AvgIpc) is 2.79. The summed E-state index contributed by atoms with van der Waals surface area (Å²) >= 11 is 1.80. The van der Waals surface area contributed by atoms with Crippen molar-refractivity contribution in [3.63, 3.8) is 0 Å². The van der Waals surface area contributed by atoms with Crippen LogP contribution in [-0.4, -0.2) is 22.2 Å². The molecule has 0 bridgehead atoms. The molecule has 3 nitrogen and oxygen atoms in total. The Morgan fingerprint density at radius 3 is 2.43 bits per heavy atom. The van der Waals surface area contributed by atoms with Gasteiger partial charge in [-0.2, -0.15) is 0 Å². The molecular formula is C17H30N2OS. The third-order valence-electron chi connectivity index (χ3n) is 4.39. The van der Waals surface area contributed by atoms with Crippen LogP contribution in [0.15, 0.2) is 0 Å². The van der Waals surface area contributed by atoms with Gasteiger partial charge in [0.15, 0.2) is 0 Å². The molecule has 21 heavy (non-hydrogen) atoms. The molecule has 0 spiro atoms. The van der Waals surface area contributed by atoms with E-state index in [0.717, 1.165) is 31.4 Å². The van der Waals surface area contributed by atoms with E-state index in [1.165, 1.54) is 16.3 Å². The van der Waals surface area contributed by atoms with Crippen LogP contribution in [0.25, 0.3) is 0 Å². The lowest BCUT2D eigenvalue weighted by Gasteiger charge is -2.33. The summed E-state index contributed by atoms with van der Waals surface area (Å²) in [6.07, 6.45) is 5.44. The number of aliphatic hydroxyl groups is 1. The van der Waals surface area contributed by atoms with Gasteiger partial charge in [0.1, 0.15) is 0 Å². The Balaban J connectivity index is 2.00. The summed E-state index contributed by atoms with van der Waals surface area (Å²) in [6, 6.07) is 0.254. The van der Waals surface area contributed by atoms with Gasteiger partial charge >= 0.3 is 0 Å². The van der Waals surface area contributed by atoms with E-state index in [-0.39, 0.29) is 11.5 Å². The van der Waals surface area contributed by atoms with Crippen LogP contribution in [0.4, 0.5) is 0 Å². The average molecular weight is 311 g/mol. The van der Waals surface area contributed by atoms with Crippen LogP contribution in [0.1, 0.15) is 81.4 Å². The third kappa shape index (κ3) is 4.27. The first-order valence-electron chi connectivity index (χ1n) is 8.15. The zero-order valence-electron chi connectivity index (χ0n) is 14.1. The molecule has 1 aliphatic carbocycles. The van der Waals surface area contributed by atoms with Gasteiger partial charge in [-0.05, 0) is 26.7 Å². The minimum Gasteiger partial charge on any atom is -0.389 e. The molecule has 0 radical (unpaired) electrons. The van der Waals surface area contributed by atoms with Crippen LogP contribution < -0.4 is 5.32 Å². The normalized spacial score (nSPS) is 20.5. The van der Waals surface area contributed by atoms with Crippen molar-refractivity contribution >= 4 is 11.3 Å². The minimum absolute atomic E-state index is 0.106. The largest absolute Gasteiger partial charge is 0.389 e. The molecule has 0 amide bonds. The van der Waals surface area contributed by atoms with E-state index in [9.17, 15) is 5.11 Å². The van der Waals surface area contributed by atoms with Crippen LogP contribution in [0.5, 0.6) is 0 Å². The molecule has 1 heterocycles. The van der Waals surface area contributed by atoms with Crippen molar-refractivity contribution in [2.24, 2.45) is 0 Å². The molecule has 0 aromatic carbocycles. The molecule has 0 unspecified atom stereocenters. The molecule has 1 aromatic heterocycles. The summed E-state index contributed by atoms with van der Waals surface area (Å²) < 4.78 is 0. The number of nitrogens with one attached hydrogen (secondary N) is 1. The van der Waals surface area contributed by atoms with Crippen LogP contribution in [-0.2, 0) is 5.41 Å². The van der Waals surface area contributed by atoms with E-state index in [0.29, 0.717) is 6.54 Å². The SMILES string of the molecule is Cc1nc(C(C)(C)C)sc1[C@@H](C)NCC1(O)CCCCC1. The molecule has 4 heteroatoms. The Morgan fingerprint density at radius 1 is 1.29 bits per heavy atom. The number of hydrogen-bond acceptors (Lipinski definition) is 4. The topological polar surface area (TPSA) is 45.2 Å². The van der Waals surface area contributed by atoms with Crippen molar-refractivity contribution in [1.82, 2.24) is 10.3 Å².